The molecule has 170 valence electrons. The fourth-order valence-corrected chi connectivity index (χ4v) is 4.06. The maximum absolute atomic E-state index is 12.5. The summed E-state index contributed by atoms with van der Waals surface area (Å²) in [6, 6.07) is 15.3. The van der Waals surface area contributed by atoms with E-state index in [9.17, 15) is 18.0 Å². The lowest BCUT2D eigenvalue weighted by Gasteiger charge is -2.42. The summed E-state index contributed by atoms with van der Waals surface area (Å²) in [4.78, 5) is 15.7. The third-order valence-electron chi connectivity index (χ3n) is 5.71. The average Bonchev–Trinajstić information content (AvgIpc) is 3.35. The molecular formula is C22H18F3N5O3. The van der Waals surface area contributed by atoms with Gasteiger partial charge in [-0.2, -0.15) is 18.4 Å². The number of tetrazole rings is 1. The highest BCUT2D eigenvalue weighted by molar-refractivity contribution is 5.85. The number of alkyl halides is 3. The zero-order valence-electron chi connectivity index (χ0n) is 17.2. The second kappa shape index (κ2) is 8.00. The topological polar surface area (TPSA) is 93.2 Å². The standard InChI is InChI=1S/C22H18F3N5O3/c23-22(24,25)20(31)33-30-11-9-21(10-12-30)13-17(16-3-1-2-4-18(16)32-21)14-5-7-15(8-6-14)19-26-28-29-27-19/h1-8,13H,9-12H2,(H,26,27,28,29). The molecule has 2 aromatic carbocycles. The summed E-state index contributed by atoms with van der Waals surface area (Å²) in [6.07, 6.45) is -2.30. The van der Waals surface area contributed by atoms with Crippen LogP contribution in [-0.2, 0) is 9.63 Å². The fraction of sp³-hybridized carbons (Fsp3) is 0.273. The zero-order valence-corrected chi connectivity index (χ0v) is 17.2. The van der Waals surface area contributed by atoms with Crippen LogP contribution in [0.3, 0.4) is 0 Å². The molecule has 11 heteroatoms. The number of hydrogen-bond donors (Lipinski definition) is 1. The molecular weight excluding hydrogens is 439 g/mol. The van der Waals surface area contributed by atoms with Crippen LogP contribution < -0.4 is 4.74 Å². The van der Waals surface area contributed by atoms with E-state index in [4.69, 9.17) is 4.74 Å². The van der Waals surface area contributed by atoms with Crippen LogP contribution in [0, 0.1) is 0 Å². The number of aromatic amines is 1. The number of fused-ring (bicyclic) bond motifs is 1. The Morgan fingerprint density at radius 1 is 1.06 bits per heavy atom. The molecule has 0 atom stereocenters. The monoisotopic (exact) mass is 457 g/mol. The lowest BCUT2D eigenvalue weighted by molar-refractivity contribution is -0.244. The number of ether oxygens (including phenoxy) is 1. The van der Waals surface area contributed by atoms with Crippen molar-refractivity contribution >= 4 is 11.5 Å². The summed E-state index contributed by atoms with van der Waals surface area (Å²) < 4.78 is 43.9. The number of para-hydroxylation sites is 1. The molecule has 2 aliphatic rings. The van der Waals surface area contributed by atoms with Crippen LogP contribution in [0.25, 0.3) is 17.0 Å². The van der Waals surface area contributed by atoms with Gasteiger partial charge in [-0.1, -0.05) is 42.5 Å². The number of hydrogen-bond acceptors (Lipinski definition) is 7. The van der Waals surface area contributed by atoms with Crippen molar-refractivity contribution in [2.75, 3.05) is 13.1 Å². The molecule has 3 aromatic rings. The minimum Gasteiger partial charge on any atom is -0.482 e. The van der Waals surface area contributed by atoms with Gasteiger partial charge in [-0.15, -0.1) is 15.3 Å². The van der Waals surface area contributed by atoms with Crippen LogP contribution in [0.4, 0.5) is 13.2 Å². The first kappa shape index (κ1) is 21.1. The Kier molecular flexibility index (Phi) is 5.12. The van der Waals surface area contributed by atoms with Crippen molar-refractivity contribution in [1.29, 1.82) is 0 Å². The van der Waals surface area contributed by atoms with Crippen LogP contribution in [0.1, 0.15) is 24.0 Å². The Balaban J connectivity index is 1.41. The molecule has 8 nitrogen and oxygen atoms in total. The lowest BCUT2D eigenvalue weighted by Crippen LogP contribution is -2.49. The van der Waals surface area contributed by atoms with Gasteiger partial charge >= 0.3 is 12.1 Å². The summed E-state index contributed by atoms with van der Waals surface area (Å²) in [6.45, 7) is 0.231. The maximum Gasteiger partial charge on any atom is 0.492 e. The van der Waals surface area contributed by atoms with Crippen molar-refractivity contribution in [3.63, 3.8) is 0 Å². The molecule has 33 heavy (non-hydrogen) atoms. The fourth-order valence-electron chi connectivity index (χ4n) is 4.06. The predicted molar refractivity (Wildman–Crippen MR) is 109 cm³/mol. The van der Waals surface area contributed by atoms with Gasteiger partial charge in [0.25, 0.3) is 0 Å². The first-order valence-corrected chi connectivity index (χ1v) is 10.2. The molecule has 0 amide bonds. The summed E-state index contributed by atoms with van der Waals surface area (Å²) in [7, 11) is 0. The number of rotatable bonds is 3. The molecule has 0 saturated carbocycles. The van der Waals surface area contributed by atoms with E-state index < -0.39 is 17.7 Å². The van der Waals surface area contributed by atoms with Gasteiger partial charge in [0.1, 0.15) is 11.4 Å². The molecule has 1 aromatic heterocycles. The molecule has 2 aliphatic heterocycles. The van der Waals surface area contributed by atoms with E-state index in [1.165, 1.54) is 0 Å². The largest absolute Gasteiger partial charge is 0.492 e. The van der Waals surface area contributed by atoms with E-state index in [0.29, 0.717) is 24.4 Å². The number of hydroxylamine groups is 2. The molecule has 1 spiro atoms. The van der Waals surface area contributed by atoms with Crippen LogP contribution in [0.2, 0.25) is 0 Å². The molecule has 0 aliphatic carbocycles. The van der Waals surface area contributed by atoms with E-state index in [1.54, 1.807) is 0 Å². The number of nitrogens with one attached hydrogen (secondary N) is 1. The van der Waals surface area contributed by atoms with Crippen molar-refractivity contribution in [2.45, 2.75) is 24.6 Å². The Morgan fingerprint density at radius 3 is 2.42 bits per heavy atom. The zero-order chi connectivity index (χ0) is 23.1. The Labute approximate surface area is 186 Å². The Hall–Kier alpha value is -3.73. The van der Waals surface area contributed by atoms with Crippen molar-refractivity contribution < 1.29 is 27.5 Å². The SMILES string of the molecule is O=C(ON1CCC2(C=C(c3ccc(-c4nn[nH]n4)cc3)c3ccccc3O2)CC1)C(F)(F)F. The summed E-state index contributed by atoms with van der Waals surface area (Å²) in [5, 5.41) is 15.0. The van der Waals surface area contributed by atoms with E-state index in [0.717, 1.165) is 27.3 Å². The van der Waals surface area contributed by atoms with Crippen molar-refractivity contribution in [3.8, 4) is 17.1 Å². The molecule has 0 bridgehead atoms. The third-order valence-corrected chi connectivity index (χ3v) is 5.71. The summed E-state index contributed by atoms with van der Waals surface area (Å²) in [5.74, 6) is -1.04. The van der Waals surface area contributed by atoms with Gasteiger partial charge in [0, 0.05) is 37.1 Å². The minimum atomic E-state index is -5.03. The quantitative estimate of drug-likeness (QED) is 0.643. The van der Waals surface area contributed by atoms with Crippen LogP contribution in [0.15, 0.2) is 54.6 Å². The normalized spacial score (nSPS) is 17.7. The highest BCUT2D eigenvalue weighted by Crippen LogP contribution is 2.43. The maximum atomic E-state index is 12.5. The highest BCUT2D eigenvalue weighted by atomic mass is 19.4. The minimum absolute atomic E-state index is 0.116. The molecule has 3 heterocycles. The average molecular weight is 457 g/mol. The molecule has 1 N–H and O–H groups in total. The first-order chi connectivity index (χ1) is 15.8. The van der Waals surface area contributed by atoms with Crippen molar-refractivity contribution in [3.05, 3.63) is 65.7 Å². The second-order valence-corrected chi connectivity index (χ2v) is 7.84. The first-order valence-electron chi connectivity index (χ1n) is 10.2. The molecule has 0 radical (unpaired) electrons. The second-order valence-electron chi connectivity index (χ2n) is 7.84. The summed E-state index contributed by atoms with van der Waals surface area (Å²) >= 11 is 0. The number of benzene rings is 2. The van der Waals surface area contributed by atoms with Gasteiger partial charge in [0.05, 0.1) is 0 Å². The van der Waals surface area contributed by atoms with Gasteiger partial charge < -0.3 is 9.57 Å². The van der Waals surface area contributed by atoms with Gasteiger partial charge in [-0.25, -0.2) is 4.79 Å². The summed E-state index contributed by atoms with van der Waals surface area (Å²) in [5.41, 5.74) is 2.90. The number of halogens is 3. The number of piperidine rings is 1. The van der Waals surface area contributed by atoms with Gasteiger partial charge in [0.2, 0.25) is 5.82 Å². The predicted octanol–water partition coefficient (Wildman–Crippen LogP) is 3.55. The van der Waals surface area contributed by atoms with Crippen LogP contribution in [-0.4, -0.2) is 56.5 Å². The van der Waals surface area contributed by atoms with Crippen LogP contribution in [0.5, 0.6) is 5.75 Å². The number of aromatic nitrogens is 4. The number of carbonyl (C=O) groups excluding carboxylic acids is 1. The van der Waals surface area contributed by atoms with Gasteiger partial charge in [-0.05, 0) is 28.5 Å². The number of H-pyrrole nitrogens is 1. The molecule has 5 rings (SSSR count). The Bertz CT molecular complexity index is 1180. The van der Waals surface area contributed by atoms with Gasteiger partial charge in [-0.3, -0.25) is 0 Å². The number of carbonyl (C=O) groups is 1. The van der Waals surface area contributed by atoms with E-state index >= 15 is 0 Å². The van der Waals surface area contributed by atoms with E-state index in [2.05, 4.69) is 25.5 Å². The molecule has 1 saturated heterocycles. The van der Waals surface area contributed by atoms with E-state index in [1.807, 2.05) is 54.6 Å². The van der Waals surface area contributed by atoms with Crippen molar-refractivity contribution in [1.82, 2.24) is 25.7 Å². The smallest absolute Gasteiger partial charge is 0.482 e. The lowest BCUT2D eigenvalue weighted by atomic mass is 9.83. The van der Waals surface area contributed by atoms with Crippen molar-refractivity contribution in [2.24, 2.45) is 0 Å². The highest BCUT2D eigenvalue weighted by Gasteiger charge is 2.45. The number of nitrogens with zero attached hydrogens (tertiary/aromatic N) is 4. The third kappa shape index (κ3) is 4.19. The van der Waals surface area contributed by atoms with E-state index in [-0.39, 0.29) is 13.1 Å². The molecule has 1 fully saturated rings. The Morgan fingerprint density at radius 2 is 1.76 bits per heavy atom. The van der Waals surface area contributed by atoms with Crippen LogP contribution >= 0.6 is 0 Å². The molecule has 0 unspecified atom stereocenters. The van der Waals surface area contributed by atoms with Gasteiger partial charge in [0.15, 0.2) is 0 Å².